The molecule has 0 bridgehead atoms. The van der Waals surface area contributed by atoms with Gasteiger partial charge in [-0.1, -0.05) is 262 Å². The fraction of sp³-hybridized carbons (Fsp3) is 0.667. The van der Waals surface area contributed by atoms with Crippen molar-refractivity contribution in [3.63, 3.8) is 0 Å². The van der Waals surface area contributed by atoms with Crippen LogP contribution in [0.3, 0.4) is 0 Å². The molecule has 87 heavy (non-hydrogen) atoms. The first kappa shape index (κ1) is 72.7. The number of benzene rings is 3. The lowest BCUT2D eigenvalue weighted by molar-refractivity contribution is -0.222. The lowest BCUT2D eigenvalue weighted by Crippen LogP contribution is -2.57. The van der Waals surface area contributed by atoms with Crippen LogP contribution in [0, 0.1) is 0 Å². The van der Waals surface area contributed by atoms with Gasteiger partial charge in [-0.25, -0.2) is 9.59 Å². The molecule has 0 radical (unpaired) electrons. The number of methoxy groups -OCH3 is 2. The van der Waals surface area contributed by atoms with E-state index >= 15 is 0 Å². The lowest BCUT2D eigenvalue weighted by atomic mass is 9.80. The second kappa shape index (κ2) is 43.6. The summed E-state index contributed by atoms with van der Waals surface area (Å²) in [7, 11) is 3.22. The molecule has 0 spiro atoms. The molecular formula is C72H111N3O12. The van der Waals surface area contributed by atoms with Gasteiger partial charge in [0.1, 0.15) is 29.3 Å². The highest BCUT2D eigenvalue weighted by atomic mass is 16.7. The van der Waals surface area contributed by atoms with Gasteiger partial charge < -0.3 is 38.3 Å². The van der Waals surface area contributed by atoms with Gasteiger partial charge >= 0.3 is 5.69 Å². The van der Waals surface area contributed by atoms with Crippen LogP contribution in [0.5, 0.6) is 11.5 Å². The van der Waals surface area contributed by atoms with E-state index in [1.54, 1.807) is 14.2 Å². The fourth-order valence-corrected chi connectivity index (χ4v) is 11.6. The third kappa shape index (κ3) is 25.0. The van der Waals surface area contributed by atoms with Crippen molar-refractivity contribution in [1.82, 2.24) is 15.0 Å². The second-order valence-corrected chi connectivity index (χ2v) is 23.8. The second-order valence-electron chi connectivity index (χ2n) is 23.8. The number of aromatic nitrogens is 2. The van der Waals surface area contributed by atoms with Crippen LogP contribution in [0.15, 0.2) is 106 Å². The molecule has 5 rings (SSSR count). The third-order valence-corrected chi connectivity index (χ3v) is 16.9. The quantitative estimate of drug-likeness (QED) is 0.00951. The summed E-state index contributed by atoms with van der Waals surface area (Å²) in [5.41, 5.74) is 0.850. The van der Waals surface area contributed by atoms with Crippen LogP contribution in [-0.2, 0) is 38.9 Å². The molecule has 1 aromatic heterocycles. The number of nitrogens with one attached hydrogen (secondary N) is 2. The van der Waals surface area contributed by atoms with Crippen LogP contribution in [0.25, 0.3) is 0 Å². The maximum atomic E-state index is 13.8. The van der Waals surface area contributed by atoms with Crippen LogP contribution < -0.4 is 26.2 Å². The van der Waals surface area contributed by atoms with E-state index in [0.717, 1.165) is 80.9 Å². The molecule has 0 aliphatic carbocycles. The number of aromatic amines is 1. The van der Waals surface area contributed by atoms with Gasteiger partial charge in [0.15, 0.2) is 18.3 Å². The molecule has 1 unspecified atom stereocenters. The number of hydroxylamine groups is 1. The average molecular weight is 1210 g/mol. The summed E-state index contributed by atoms with van der Waals surface area (Å²) in [6.07, 6.45) is 33.5. The van der Waals surface area contributed by atoms with Crippen molar-refractivity contribution in [3.05, 3.63) is 134 Å². The molecule has 486 valence electrons. The van der Waals surface area contributed by atoms with Crippen molar-refractivity contribution in [2.75, 3.05) is 47.3 Å². The molecule has 15 nitrogen and oxygen atoms in total. The molecule has 1 saturated heterocycles. The summed E-state index contributed by atoms with van der Waals surface area (Å²) in [6, 6.07) is 26.1. The Morgan fingerprint density at radius 2 is 1.00 bits per heavy atom. The minimum atomic E-state index is -1.83. The van der Waals surface area contributed by atoms with Crippen LogP contribution >= 0.6 is 0 Å². The molecule has 3 aromatic carbocycles. The minimum Gasteiger partial charge on any atom is -0.497 e. The number of H-pyrrole nitrogens is 1. The lowest BCUT2D eigenvalue weighted by Gasteiger charge is -2.37. The van der Waals surface area contributed by atoms with Crippen LogP contribution in [-0.4, -0.2) is 91.9 Å². The molecule has 0 saturated carbocycles. The standard InChI is InChI=1S/C72H111N3O12/c1-6-9-12-15-17-19-21-23-25-27-29-31-33-39-54-83-65(56-76)71(58-82-53-38-14-11-8-3,84-55-40-34-32-30-28-26-24-22-20-18-16-13-10-7-2)74-87-68-67(78)64(86-69(68)75-52-51-66(77)73-70(75)79)57-85-72(59-41-36-35-37-42-59,60-43-47-62(80-4)48-44-60)61-45-49-63(81-5)50-46-61/h35-37,41-52,64,67-69,74,78H,6-34,38-40,53-55,57-58H2,1-5H3,(H,73,77,79)/t64-,67-,68-,69-,71?/m1/s1. The molecule has 1 aliphatic rings. The molecule has 3 N–H and O–H groups in total. The normalized spacial score (nSPS) is 16.6. The summed E-state index contributed by atoms with van der Waals surface area (Å²) < 4.78 is 45.8. The maximum absolute atomic E-state index is 13.8. The molecule has 0 amide bonds. The maximum Gasteiger partial charge on any atom is 0.330 e. The minimum absolute atomic E-state index is 0.172. The summed E-state index contributed by atoms with van der Waals surface area (Å²) in [4.78, 5) is 48.7. The van der Waals surface area contributed by atoms with Crippen molar-refractivity contribution >= 4 is 5.94 Å². The van der Waals surface area contributed by atoms with Gasteiger partial charge in [-0.3, -0.25) is 19.2 Å². The smallest absolute Gasteiger partial charge is 0.330 e. The first-order chi connectivity index (χ1) is 42.7. The van der Waals surface area contributed by atoms with E-state index in [2.05, 4.69) is 37.2 Å². The van der Waals surface area contributed by atoms with E-state index in [1.807, 2.05) is 78.9 Å². The Balaban J connectivity index is 1.39. The Hall–Kier alpha value is -5.09. The molecule has 1 fully saturated rings. The molecule has 4 aromatic rings. The molecule has 1 aliphatic heterocycles. The zero-order chi connectivity index (χ0) is 62.1. The first-order valence-corrected chi connectivity index (χ1v) is 33.9. The SMILES string of the molecule is CCCCCCCCCCCCCCCCOC(=C=O)C(COCCCCCC)(NO[C@@H]1[C@H](O)[C@@H](COC(c2ccccc2)(c2ccc(OC)cc2)c2ccc(OC)cc2)O[C@H]1n1ccc(=O)[nH]c1=O)OCCCCCCCCCCCCCCCC. The van der Waals surface area contributed by atoms with Gasteiger partial charge in [-0.2, -0.15) is 5.48 Å². The van der Waals surface area contributed by atoms with E-state index in [1.165, 1.54) is 145 Å². The first-order valence-electron chi connectivity index (χ1n) is 33.9. The van der Waals surface area contributed by atoms with Gasteiger partial charge in [-0.05, 0) is 60.2 Å². The van der Waals surface area contributed by atoms with Crippen molar-refractivity contribution in [3.8, 4) is 11.5 Å². The highest BCUT2D eigenvalue weighted by Crippen LogP contribution is 2.43. The molecule has 15 heteroatoms. The molecular weight excluding hydrogens is 1100 g/mol. The Labute approximate surface area is 521 Å². The number of aliphatic hydroxyl groups is 1. The Kier molecular flexibility index (Phi) is 36.4. The number of carbonyl (C=O) groups excluding carboxylic acids is 1. The van der Waals surface area contributed by atoms with Crippen molar-refractivity contribution in [2.45, 2.75) is 262 Å². The number of unbranched alkanes of at least 4 members (excludes halogenated alkanes) is 29. The van der Waals surface area contributed by atoms with Gasteiger partial charge in [0.25, 0.3) is 5.56 Å². The predicted molar refractivity (Wildman–Crippen MR) is 347 cm³/mol. The van der Waals surface area contributed by atoms with E-state index in [-0.39, 0.29) is 32.2 Å². The topological polar surface area (TPSA) is 178 Å². The summed E-state index contributed by atoms with van der Waals surface area (Å²) in [5.74, 6) is 3.22. The summed E-state index contributed by atoms with van der Waals surface area (Å²) in [5, 5.41) is 12.7. The Morgan fingerprint density at radius 1 is 0.563 bits per heavy atom. The van der Waals surface area contributed by atoms with Crippen LogP contribution in [0.4, 0.5) is 0 Å². The number of hydrogen-bond acceptors (Lipinski definition) is 13. The van der Waals surface area contributed by atoms with Gasteiger partial charge in [0, 0.05) is 25.5 Å². The van der Waals surface area contributed by atoms with Crippen LogP contribution in [0.2, 0.25) is 0 Å². The number of hydrogen-bond donors (Lipinski definition) is 3. The Morgan fingerprint density at radius 3 is 1.46 bits per heavy atom. The van der Waals surface area contributed by atoms with E-state index < -0.39 is 47.1 Å². The van der Waals surface area contributed by atoms with Crippen molar-refractivity contribution in [2.24, 2.45) is 0 Å². The highest BCUT2D eigenvalue weighted by Gasteiger charge is 2.51. The van der Waals surface area contributed by atoms with Gasteiger partial charge in [0.05, 0.1) is 34.0 Å². The predicted octanol–water partition coefficient (Wildman–Crippen LogP) is 15.7. The van der Waals surface area contributed by atoms with E-state index in [0.29, 0.717) is 30.9 Å². The summed E-state index contributed by atoms with van der Waals surface area (Å²) >= 11 is 0. The monoisotopic (exact) mass is 1210 g/mol. The van der Waals surface area contributed by atoms with Crippen molar-refractivity contribution < 1.29 is 47.9 Å². The fourth-order valence-electron chi connectivity index (χ4n) is 11.6. The Bertz CT molecular complexity index is 2500. The largest absolute Gasteiger partial charge is 0.497 e. The van der Waals surface area contributed by atoms with Crippen molar-refractivity contribution in [1.29, 1.82) is 0 Å². The van der Waals surface area contributed by atoms with Gasteiger partial charge in [0.2, 0.25) is 11.5 Å². The van der Waals surface area contributed by atoms with E-state index in [9.17, 15) is 19.5 Å². The molecule has 5 atom stereocenters. The molecule has 2 heterocycles. The summed E-state index contributed by atoms with van der Waals surface area (Å²) in [6.45, 7) is 7.10. The number of aliphatic hydroxyl groups excluding tert-OH is 1. The number of nitrogens with zero attached hydrogens (tertiary/aromatic N) is 1. The van der Waals surface area contributed by atoms with Crippen LogP contribution in [0.1, 0.15) is 249 Å². The average Bonchev–Trinajstić information content (AvgIpc) is 2.68. The zero-order valence-corrected chi connectivity index (χ0v) is 54.0. The number of rotatable bonds is 52. The van der Waals surface area contributed by atoms with E-state index in [4.69, 9.17) is 38.0 Å². The third-order valence-electron chi connectivity index (χ3n) is 16.9. The number of ether oxygens (including phenoxy) is 7. The van der Waals surface area contributed by atoms with Gasteiger partial charge in [-0.15, -0.1) is 0 Å². The zero-order valence-electron chi connectivity index (χ0n) is 54.0. The highest BCUT2D eigenvalue weighted by molar-refractivity contribution is 5.53.